The Balaban J connectivity index is 1.72. The Kier molecular flexibility index (Phi) is 7.36. The maximum atomic E-state index is 12.9. The summed E-state index contributed by atoms with van der Waals surface area (Å²) < 4.78 is 102. The first-order valence-corrected chi connectivity index (χ1v) is 11.4. The molecule has 0 spiro atoms. The molecule has 1 aliphatic heterocycles. The lowest BCUT2D eigenvalue weighted by Crippen LogP contribution is -2.35. The second-order valence-electron chi connectivity index (χ2n) is 7.40. The number of carbonyl (C=O) groups excluding carboxylic acids is 1. The van der Waals surface area contributed by atoms with Crippen LogP contribution in [0.1, 0.15) is 34.6 Å². The van der Waals surface area contributed by atoms with E-state index in [0.29, 0.717) is 17.3 Å². The lowest BCUT2D eigenvalue weighted by Gasteiger charge is -2.26. The largest absolute Gasteiger partial charge is 0.416 e. The van der Waals surface area contributed by atoms with E-state index in [4.69, 9.17) is 0 Å². The lowest BCUT2D eigenvalue weighted by molar-refractivity contribution is -0.137. The standard InChI is InChI=1S/C21H19F6N3O3S/c22-20(23,24)9-10-28-19(31)18-6-2-5-17(29-18)14-7-11-30(12-8-14)34(32,33)16-4-1-3-15(13-16)21(25,26)27/h1-7,13H,8-12H2,(H,28,31). The highest BCUT2D eigenvalue weighted by molar-refractivity contribution is 7.89. The van der Waals surface area contributed by atoms with Crippen LogP contribution in [0.4, 0.5) is 26.3 Å². The normalized spacial score (nSPS) is 15.6. The molecule has 13 heteroatoms. The Bertz CT molecular complexity index is 1190. The van der Waals surface area contributed by atoms with E-state index < -0.39 is 51.7 Å². The number of nitrogens with zero attached hydrogens (tertiary/aromatic N) is 2. The third-order valence-corrected chi connectivity index (χ3v) is 6.84. The molecule has 0 aliphatic carbocycles. The predicted octanol–water partition coefficient (Wildman–Crippen LogP) is 4.26. The van der Waals surface area contributed by atoms with Gasteiger partial charge in [0.2, 0.25) is 10.0 Å². The number of pyridine rings is 1. The topological polar surface area (TPSA) is 79.4 Å². The van der Waals surface area contributed by atoms with Crippen LogP contribution < -0.4 is 5.32 Å². The summed E-state index contributed by atoms with van der Waals surface area (Å²) in [6, 6.07) is 7.87. The average molecular weight is 507 g/mol. The monoisotopic (exact) mass is 507 g/mol. The summed E-state index contributed by atoms with van der Waals surface area (Å²) in [4.78, 5) is 15.7. The quantitative estimate of drug-likeness (QED) is 0.593. The van der Waals surface area contributed by atoms with Crippen LogP contribution in [0, 0.1) is 0 Å². The van der Waals surface area contributed by atoms with Gasteiger partial charge in [0.15, 0.2) is 0 Å². The maximum absolute atomic E-state index is 12.9. The van der Waals surface area contributed by atoms with Crippen LogP contribution in [-0.4, -0.2) is 49.4 Å². The first-order chi connectivity index (χ1) is 15.8. The van der Waals surface area contributed by atoms with Crippen LogP contribution in [0.25, 0.3) is 5.57 Å². The fourth-order valence-electron chi connectivity index (χ4n) is 3.23. The molecule has 34 heavy (non-hydrogen) atoms. The average Bonchev–Trinajstić information content (AvgIpc) is 2.78. The molecule has 0 unspecified atom stereocenters. The van der Waals surface area contributed by atoms with Crippen molar-refractivity contribution in [2.75, 3.05) is 19.6 Å². The third kappa shape index (κ3) is 6.35. The molecular formula is C21H19F6N3O3S. The van der Waals surface area contributed by atoms with Gasteiger partial charge < -0.3 is 5.32 Å². The Morgan fingerprint density at radius 3 is 2.38 bits per heavy atom. The van der Waals surface area contributed by atoms with Crippen molar-refractivity contribution >= 4 is 21.5 Å². The van der Waals surface area contributed by atoms with Gasteiger partial charge >= 0.3 is 12.4 Å². The zero-order valence-electron chi connectivity index (χ0n) is 17.4. The molecule has 3 rings (SSSR count). The fourth-order valence-corrected chi connectivity index (χ4v) is 4.66. The van der Waals surface area contributed by atoms with E-state index >= 15 is 0 Å². The van der Waals surface area contributed by atoms with Crippen molar-refractivity contribution in [1.29, 1.82) is 0 Å². The summed E-state index contributed by atoms with van der Waals surface area (Å²) in [6.45, 7) is -0.759. The van der Waals surface area contributed by atoms with Crippen LogP contribution in [-0.2, 0) is 16.2 Å². The molecule has 0 saturated heterocycles. The van der Waals surface area contributed by atoms with Crippen LogP contribution in [0.2, 0.25) is 0 Å². The van der Waals surface area contributed by atoms with Gasteiger partial charge in [0.1, 0.15) is 5.69 Å². The summed E-state index contributed by atoms with van der Waals surface area (Å²) in [6.07, 6.45) is -8.57. The van der Waals surface area contributed by atoms with Crippen molar-refractivity contribution in [3.05, 3.63) is 65.5 Å². The Labute approximate surface area is 191 Å². The number of carbonyl (C=O) groups is 1. The van der Waals surface area contributed by atoms with Gasteiger partial charge in [-0.15, -0.1) is 0 Å². The number of halogens is 6. The van der Waals surface area contributed by atoms with Gasteiger partial charge in [0.05, 0.1) is 22.6 Å². The second-order valence-corrected chi connectivity index (χ2v) is 9.34. The highest BCUT2D eigenvalue weighted by Crippen LogP contribution is 2.32. The zero-order valence-corrected chi connectivity index (χ0v) is 18.3. The number of nitrogens with one attached hydrogen (secondary N) is 1. The highest BCUT2D eigenvalue weighted by atomic mass is 32.2. The Morgan fingerprint density at radius 1 is 1.06 bits per heavy atom. The van der Waals surface area contributed by atoms with Crippen LogP contribution in [0.15, 0.2) is 53.4 Å². The molecule has 1 aromatic carbocycles. The minimum atomic E-state index is -4.68. The number of rotatable bonds is 6. The van der Waals surface area contributed by atoms with E-state index in [0.717, 1.165) is 22.5 Å². The van der Waals surface area contributed by atoms with Gasteiger partial charge in [-0.2, -0.15) is 30.6 Å². The number of aromatic nitrogens is 1. The van der Waals surface area contributed by atoms with Crippen molar-refractivity contribution < 1.29 is 39.6 Å². The number of amides is 1. The van der Waals surface area contributed by atoms with Gasteiger partial charge in [0, 0.05) is 19.6 Å². The third-order valence-electron chi connectivity index (χ3n) is 4.98. The van der Waals surface area contributed by atoms with E-state index in [1.807, 2.05) is 0 Å². The summed E-state index contributed by atoms with van der Waals surface area (Å²) in [5, 5.41) is 2.14. The number of sulfonamides is 1. The first-order valence-electron chi connectivity index (χ1n) is 9.96. The Hall–Kier alpha value is -2.93. The van der Waals surface area contributed by atoms with Crippen molar-refractivity contribution in [3.8, 4) is 0 Å². The number of alkyl halides is 6. The molecular weight excluding hydrogens is 488 g/mol. The van der Waals surface area contributed by atoms with Gasteiger partial charge in [0.25, 0.3) is 5.91 Å². The number of benzene rings is 1. The summed E-state index contributed by atoms with van der Waals surface area (Å²) in [5.74, 6) is -0.781. The molecule has 0 bridgehead atoms. The second kappa shape index (κ2) is 9.74. The van der Waals surface area contributed by atoms with E-state index in [1.165, 1.54) is 18.2 Å². The molecule has 0 saturated carbocycles. The zero-order chi connectivity index (χ0) is 25.1. The lowest BCUT2D eigenvalue weighted by atomic mass is 10.1. The van der Waals surface area contributed by atoms with Crippen LogP contribution in [0.3, 0.4) is 0 Å². The van der Waals surface area contributed by atoms with Gasteiger partial charge in [-0.1, -0.05) is 18.2 Å². The SMILES string of the molecule is O=C(NCCC(F)(F)F)c1cccc(C2=CCN(S(=O)(=O)c3cccc(C(F)(F)F)c3)CC2)n1. The number of hydrogen-bond donors (Lipinski definition) is 1. The summed E-state index contributed by atoms with van der Waals surface area (Å²) in [5.41, 5.74) is -0.226. The minimum Gasteiger partial charge on any atom is -0.350 e. The van der Waals surface area contributed by atoms with Gasteiger partial charge in [-0.05, 0) is 42.3 Å². The molecule has 0 radical (unpaired) electrons. The van der Waals surface area contributed by atoms with Crippen LogP contribution in [0.5, 0.6) is 0 Å². The molecule has 1 aromatic heterocycles. The smallest absolute Gasteiger partial charge is 0.350 e. The molecule has 2 heterocycles. The van der Waals surface area contributed by atoms with Crippen molar-refractivity contribution in [2.24, 2.45) is 0 Å². The van der Waals surface area contributed by atoms with Crippen molar-refractivity contribution in [2.45, 2.75) is 30.1 Å². The van der Waals surface area contributed by atoms with E-state index in [-0.39, 0.29) is 25.2 Å². The van der Waals surface area contributed by atoms with Crippen LogP contribution >= 0.6 is 0 Å². The predicted molar refractivity (Wildman–Crippen MR) is 110 cm³/mol. The minimum absolute atomic E-state index is 0.0336. The molecule has 2 aromatic rings. The van der Waals surface area contributed by atoms with Crippen molar-refractivity contribution in [3.63, 3.8) is 0 Å². The molecule has 1 amide bonds. The Morgan fingerprint density at radius 2 is 1.76 bits per heavy atom. The van der Waals surface area contributed by atoms with E-state index in [2.05, 4.69) is 10.3 Å². The molecule has 0 atom stereocenters. The molecule has 0 fully saturated rings. The van der Waals surface area contributed by atoms with Crippen molar-refractivity contribution in [1.82, 2.24) is 14.6 Å². The highest BCUT2D eigenvalue weighted by Gasteiger charge is 2.33. The molecule has 1 aliphatic rings. The van der Waals surface area contributed by atoms with E-state index in [1.54, 1.807) is 6.07 Å². The first kappa shape index (κ1) is 25.7. The van der Waals surface area contributed by atoms with E-state index in [9.17, 15) is 39.6 Å². The molecule has 184 valence electrons. The molecule has 6 nitrogen and oxygen atoms in total. The molecule has 1 N–H and O–H groups in total. The summed E-state index contributed by atoms with van der Waals surface area (Å²) >= 11 is 0. The summed E-state index contributed by atoms with van der Waals surface area (Å²) in [7, 11) is -4.18. The number of hydrogen-bond acceptors (Lipinski definition) is 4. The van der Waals surface area contributed by atoms with Gasteiger partial charge in [-0.25, -0.2) is 13.4 Å². The van der Waals surface area contributed by atoms with Gasteiger partial charge in [-0.3, -0.25) is 4.79 Å². The maximum Gasteiger partial charge on any atom is 0.416 e. The fraction of sp³-hybridized carbons (Fsp3) is 0.333.